The van der Waals surface area contributed by atoms with E-state index < -0.39 is 5.91 Å². The number of hydrogen-bond donors (Lipinski definition) is 2. The van der Waals surface area contributed by atoms with Gasteiger partial charge in [-0.25, -0.2) is 4.98 Å². The molecule has 3 rings (SSSR count). The number of primary amides is 1. The second-order valence-corrected chi connectivity index (χ2v) is 7.93. The first-order chi connectivity index (χ1) is 11.7. The normalized spacial score (nSPS) is 11.0. The van der Waals surface area contributed by atoms with E-state index >= 15 is 0 Å². The molecule has 0 atom stereocenters. The van der Waals surface area contributed by atoms with Gasteiger partial charge in [0.25, 0.3) is 17.4 Å². The van der Waals surface area contributed by atoms with Crippen molar-refractivity contribution in [1.82, 2.24) is 9.55 Å². The average Bonchev–Trinajstić information content (AvgIpc) is 3.01. The van der Waals surface area contributed by atoms with Crippen molar-refractivity contribution in [3.8, 4) is 0 Å². The van der Waals surface area contributed by atoms with Crippen molar-refractivity contribution in [2.45, 2.75) is 20.8 Å². The molecule has 0 spiro atoms. The molecule has 9 heteroatoms. The van der Waals surface area contributed by atoms with Gasteiger partial charge in [-0.15, -0.1) is 22.7 Å². The number of aryl methyl sites for hydroxylation is 3. The molecular weight excluding hydrogens is 360 g/mol. The maximum Gasteiger partial charge on any atom is 0.266 e. The molecule has 3 aromatic rings. The molecule has 2 amide bonds. The van der Waals surface area contributed by atoms with Gasteiger partial charge in [-0.3, -0.25) is 14.4 Å². The van der Waals surface area contributed by atoms with Crippen LogP contribution >= 0.6 is 22.7 Å². The third kappa shape index (κ3) is 2.75. The second-order valence-electron chi connectivity index (χ2n) is 5.70. The fourth-order valence-electron chi connectivity index (χ4n) is 2.60. The maximum absolute atomic E-state index is 12.7. The van der Waals surface area contributed by atoms with Crippen molar-refractivity contribution < 1.29 is 9.59 Å². The van der Waals surface area contributed by atoms with Gasteiger partial charge in [0.2, 0.25) is 0 Å². The van der Waals surface area contributed by atoms with Gasteiger partial charge in [0, 0.05) is 11.9 Å². The second kappa shape index (κ2) is 6.08. The topological polar surface area (TPSA) is 107 Å². The van der Waals surface area contributed by atoms with Crippen LogP contribution in [0.2, 0.25) is 0 Å². The van der Waals surface area contributed by atoms with E-state index in [1.165, 1.54) is 22.2 Å². The number of nitrogens with zero attached hydrogens (tertiary/aromatic N) is 2. The summed E-state index contributed by atoms with van der Waals surface area (Å²) in [6.07, 6.45) is 1.43. The first kappa shape index (κ1) is 17.3. The van der Waals surface area contributed by atoms with Crippen molar-refractivity contribution >= 4 is 49.7 Å². The Labute approximate surface area is 151 Å². The minimum Gasteiger partial charge on any atom is -0.365 e. The summed E-state index contributed by atoms with van der Waals surface area (Å²) in [5.41, 5.74) is 6.90. The van der Waals surface area contributed by atoms with E-state index in [0.717, 1.165) is 21.8 Å². The van der Waals surface area contributed by atoms with E-state index in [1.807, 2.05) is 6.92 Å². The molecule has 130 valence electrons. The van der Waals surface area contributed by atoms with E-state index in [4.69, 9.17) is 5.73 Å². The van der Waals surface area contributed by atoms with Crippen molar-refractivity contribution in [3.05, 3.63) is 43.1 Å². The number of thiophene rings is 2. The molecule has 0 saturated carbocycles. The van der Waals surface area contributed by atoms with E-state index in [-0.39, 0.29) is 11.5 Å². The number of nitrogens with two attached hydrogens (primary N) is 1. The van der Waals surface area contributed by atoms with Crippen molar-refractivity contribution in [1.29, 1.82) is 0 Å². The van der Waals surface area contributed by atoms with Crippen LogP contribution in [0.5, 0.6) is 0 Å². The van der Waals surface area contributed by atoms with Gasteiger partial charge in [0.05, 0.1) is 22.2 Å². The van der Waals surface area contributed by atoms with Crippen LogP contribution in [0.15, 0.2) is 11.1 Å². The van der Waals surface area contributed by atoms with Crippen LogP contribution in [0.1, 0.15) is 36.0 Å². The highest BCUT2D eigenvalue weighted by atomic mass is 32.1. The Morgan fingerprint density at radius 1 is 1.20 bits per heavy atom. The molecule has 3 aromatic heterocycles. The summed E-state index contributed by atoms with van der Waals surface area (Å²) in [6, 6.07) is 0. The smallest absolute Gasteiger partial charge is 0.266 e. The van der Waals surface area contributed by atoms with Crippen LogP contribution in [-0.4, -0.2) is 21.4 Å². The molecule has 0 radical (unpaired) electrons. The Hall–Kier alpha value is -2.52. The molecule has 0 unspecified atom stereocenters. The minimum absolute atomic E-state index is 0.196. The number of anilines is 1. The fraction of sp³-hybridized carbons (Fsp3) is 0.250. The Bertz CT molecular complexity index is 1090. The van der Waals surface area contributed by atoms with E-state index in [1.54, 1.807) is 20.9 Å². The molecule has 0 fully saturated rings. The minimum atomic E-state index is -0.583. The Balaban J connectivity index is 2.06. The van der Waals surface area contributed by atoms with Crippen molar-refractivity contribution in [2.24, 2.45) is 12.8 Å². The van der Waals surface area contributed by atoms with Crippen LogP contribution in [0, 0.1) is 20.8 Å². The van der Waals surface area contributed by atoms with E-state index in [0.29, 0.717) is 31.2 Å². The Morgan fingerprint density at radius 2 is 1.88 bits per heavy atom. The van der Waals surface area contributed by atoms with Crippen LogP contribution in [-0.2, 0) is 7.05 Å². The highest BCUT2D eigenvalue weighted by molar-refractivity contribution is 7.21. The van der Waals surface area contributed by atoms with Gasteiger partial charge in [-0.2, -0.15) is 0 Å². The molecule has 0 saturated heterocycles. The number of fused-ring (bicyclic) bond motifs is 1. The first-order valence-electron chi connectivity index (χ1n) is 7.38. The summed E-state index contributed by atoms with van der Waals surface area (Å²) in [5, 5.41) is 3.62. The van der Waals surface area contributed by atoms with E-state index in [2.05, 4.69) is 10.3 Å². The summed E-state index contributed by atoms with van der Waals surface area (Å²) < 4.78 is 1.38. The number of rotatable bonds is 3. The van der Waals surface area contributed by atoms with Crippen LogP contribution in [0.4, 0.5) is 5.00 Å². The predicted octanol–water partition coefficient (Wildman–Crippen LogP) is 2.33. The monoisotopic (exact) mass is 376 g/mol. The third-order valence-corrected chi connectivity index (χ3v) is 6.40. The fourth-order valence-corrected chi connectivity index (χ4v) is 4.69. The van der Waals surface area contributed by atoms with Gasteiger partial charge in [-0.1, -0.05) is 0 Å². The summed E-state index contributed by atoms with van der Waals surface area (Å²) in [7, 11) is 1.61. The zero-order valence-electron chi connectivity index (χ0n) is 14.1. The lowest BCUT2D eigenvalue weighted by Gasteiger charge is -2.04. The van der Waals surface area contributed by atoms with Gasteiger partial charge in [-0.05, 0) is 31.9 Å². The van der Waals surface area contributed by atoms with Gasteiger partial charge >= 0.3 is 0 Å². The molecule has 3 N–H and O–H groups in total. The average molecular weight is 376 g/mol. The highest BCUT2D eigenvalue weighted by Gasteiger charge is 2.23. The maximum atomic E-state index is 12.7. The lowest BCUT2D eigenvalue weighted by Crippen LogP contribution is -2.18. The van der Waals surface area contributed by atoms with E-state index in [9.17, 15) is 14.4 Å². The molecule has 0 aromatic carbocycles. The van der Waals surface area contributed by atoms with Crippen molar-refractivity contribution in [3.63, 3.8) is 0 Å². The summed E-state index contributed by atoms with van der Waals surface area (Å²) in [5.74, 6) is -0.966. The van der Waals surface area contributed by atoms with Gasteiger partial charge in [0.1, 0.15) is 9.83 Å². The number of carbonyl (C=O) groups excluding carboxylic acids is 2. The molecule has 0 bridgehead atoms. The molecule has 0 aliphatic carbocycles. The van der Waals surface area contributed by atoms with Gasteiger partial charge in [0.15, 0.2) is 0 Å². The highest BCUT2D eigenvalue weighted by Crippen LogP contribution is 2.34. The zero-order valence-corrected chi connectivity index (χ0v) is 15.7. The van der Waals surface area contributed by atoms with Crippen LogP contribution < -0.4 is 16.6 Å². The zero-order chi connectivity index (χ0) is 18.5. The number of hydrogen-bond acceptors (Lipinski definition) is 6. The SMILES string of the molecule is Cc1sc(NC(=O)c2sc3ncn(C)c(=O)c3c2C)c(C(N)=O)c1C. The number of carbonyl (C=O) groups is 2. The number of amides is 2. The molecule has 0 aliphatic heterocycles. The van der Waals surface area contributed by atoms with Crippen LogP contribution in [0.3, 0.4) is 0 Å². The Kier molecular flexibility index (Phi) is 4.21. The molecule has 3 heterocycles. The summed E-state index contributed by atoms with van der Waals surface area (Å²) in [4.78, 5) is 42.7. The first-order valence-corrected chi connectivity index (χ1v) is 9.01. The molecular formula is C16H16N4O3S2. The predicted molar refractivity (Wildman–Crippen MR) is 99.9 cm³/mol. The largest absolute Gasteiger partial charge is 0.365 e. The summed E-state index contributed by atoms with van der Waals surface area (Å²) in [6.45, 7) is 5.37. The Morgan fingerprint density at radius 3 is 2.52 bits per heavy atom. The lowest BCUT2D eigenvalue weighted by molar-refractivity contribution is 0.100. The van der Waals surface area contributed by atoms with Crippen molar-refractivity contribution in [2.75, 3.05) is 5.32 Å². The number of aromatic nitrogens is 2. The van der Waals surface area contributed by atoms with Crippen LogP contribution in [0.25, 0.3) is 10.2 Å². The quantitative estimate of drug-likeness (QED) is 0.731. The third-order valence-electron chi connectivity index (χ3n) is 4.08. The van der Waals surface area contributed by atoms with Gasteiger partial charge < -0.3 is 15.6 Å². The lowest BCUT2D eigenvalue weighted by atomic mass is 10.1. The molecule has 7 nitrogen and oxygen atoms in total. The number of nitrogens with one attached hydrogen (secondary N) is 1. The molecule has 0 aliphatic rings. The molecule has 25 heavy (non-hydrogen) atoms. The summed E-state index contributed by atoms with van der Waals surface area (Å²) >= 11 is 2.45. The standard InChI is InChI=1S/C16H16N4O3S2/c1-6-8(3)24-15(9(6)12(17)21)19-13(22)11-7(2)10-14(25-11)18-5-20(4)16(10)23/h5H,1-4H3,(H2,17,21)(H,19,22).